The third-order valence-electron chi connectivity index (χ3n) is 2.78. The minimum absolute atomic E-state index is 0.289. The molecule has 2 rings (SSSR count). The first-order valence-electron chi connectivity index (χ1n) is 5.83. The number of fused-ring (bicyclic) bond motifs is 1. The van der Waals surface area contributed by atoms with E-state index in [-0.39, 0.29) is 5.69 Å². The van der Waals surface area contributed by atoms with Crippen LogP contribution in [0.4, 0.5) is 0 Å². The molecule has 0 aliphatic carbocycles. The minimum Gasteiger partial charge on any atom is -0.305 e. The van der Waals surface area contributed by atoms with Crippen LogP contribution in [0.1, 0.15) is 24.8 Å². The Balaban J connectivity index is 2.09. The number of aromatic nitrogens is 2. The Morgan fingerprint density at radius 1 is 1.24 bits per heavy atom. The molecule has 2 aromatic rings. The highest BCUT2D eigenvalue weighted by Gasteiger charge is 1.98. The van der Waals surface area contributed by atoms with Crippen molar-refractivity contribution in [1.29, 1.82) is 0 Å². The summed E-state index contributed by atoms with van der Waals surface area (Å²) in [5, 5.41) is 2.08. The SMILES string of the molecule is O=c1ncc2cc(CCCCCBr)ccc2[nH]1. The Hall–Kier alpha value is -1.16. The van der Waals surface area contributed by atoms with E-state index in [2.05, 4.69) is 38.0 Å². The lowest BCUT2D eigenvalue weighted by Crippen LogP contribution is -2.08. The average Bonchev–Trinajstić information content (AvgIpc) is 2.35. The van der Waals surface area contributed by atoms with Crippen molar-refractivity contribution < 1.29 is 0 Å². The summed E-state index contributed by atoms with van der Waals surface area (Å²) in [4.78, 5) is 17.5. The van der Waals surface area contributed by atoms with Crippen LogP contribution >= 0.6 is 15.9 Å². The van der Waals surface area contributed by atoms with Crippen molar-refractivity contribution in [3.05, 3.63) is 40.4 Å². The minimum atomic E-state index is -0.289. The van der Waals surface area contributed by atoms with Gasteiger partial charge < -0.3 is 4.98 Å². The molecule has 1 aromatic heterocycles. The van der Waals surface area contributed by atoms with E-state index in [0.717, 1.165) is 22.7 Å². The topological polar surface area (TPSA) is 45.8 Å². The fourth-order valence-corrected chi connectivity index (χ4v) is 2.26. The van der Waals surface area contributed by atoms with Crippen LogP contribution < -0.4 is 5.69 Å². The highest BCUT2D eigenvalue weighted by molar-refractivity contribution is 9.09. The summed E-state index contributed by atoms with van der Waals surface area (Å²) in [6, 6.07) is 6.14. The molecule has 0 atom stereocenters. The van der Waals surface area contributed by atoms with Crippen LogP contribution in [0.5, 0.6) is 0 Å². The maximum atomic E-state index is 11.0. The second kappa shape index (κ2) is 5.96. The van der Waals surface area contributed by atoms with Gasteiger partial charge in [0.15, 0.2) is 0 Å². The van der Waals surface area contributed by atoms with E-state index >= 15 is 0 Å². The molecule has 1 aromatic carbocycles. The number of aromatic amines is 1. The second-order valence-electron chi connectivity index (χ2n) is 4.11. The molecule has 90 valence electrons. The second-order valence-corrected chi connectivity index (χ2v) is 4.90. The van der Waals surface area contributed by atoms with Gasteiger partial charge in [-0.3, -0.25) is 0 Å². The molecule has 3 nitrogen and oxygen atoms in total. The number of halogens is 1. The van der Waals surface area contributed by atoms with Crippen molar-refractivity contribution >= 4 is 26.8 Å². The summed E-state index contributed by atoms with van der Waals surface area (Å²) < 4.78 is 0. The first-order chi connectivity index (χ1) is 8.29. The van der Waals surface area contributed by atoms with Gasteiger partial charge in [-0.1, -0.05) is 28.4 Å². The predicted octanol–water partition coefficient (Wildman–Crippen LogP) is 3.03. The molecule has 0 spiro atoms. The smallest absolute Gasteiger partial charge is 0.305 e. The maximum Gasteiger partial charge on any atom is 0.345 e. The van der Waals surface area contributed by atoms with Crippen molar-refractivity contribution in [2.75, 3.05) is 5.33 Å². The zero-order valence-corrected chi connectivity index (χ0v) is 11.2. The lowest BCUT2D eigenvalue weighted by atomic mass is 10.1. The number of hydrogen-bond donors (Lipinski definition) is 1. The van der Waals surface area contributed by atoms with Gasteiger partial charge in [-0.15, -0.1) is 0 Å². The number of hydrogen-bond acceptors (Lipinski definition) is 2. The van der Waals surface area contributed by atoms with Gasteiger partial charge in [0, 0.05) is 16.9 Å². The van der Waals surface area contributed by atoms with Crippen molar-refractivity contribution in [1.82, 2.24) is 9.97 Å². The van der Waals surface area contributed by atoms with E-state index in [0.29, 0.717) is 0 Å². The molecule has 0 aliphatic rings. The number of nitrogens with one attached hydrogen (secondary N) is 1. The average molecular weight is 295 g/mol. The molecule has 1 heterocycles. The highest BCUT2D eigenvalue weighted by atomic mass is 79.9. The van der Waals surface area contributed by atoms with Crippen LogP contribution in [-0.2, 0) is 6.42 Å². The lowest BCUT2D eigenvalue weighted by Gasteiger charge is -2.03. The van der Waals surface area contributed by atoms with E-state index in [1.54, 1.807) is 6.20 Å². The Labute approximate surface area is 108 Å². The van der Waals surface area contributed by atoms with Gasteiger partial charge in [0.05, 0.1) is 5.52 Å². The Morgan fingerprint density at radius 3 is 2.94 bits per heavy atom. The fraction of sp³-hybridized carbons (Fsp3) is 0.385. The first-order valence-corrected chi connectivity index (χ1v) is 6.95. The number of rotatable bonds is 5. The molecule has 0 fully saturated rings. The zero-order valence-electron chi connectivity index (χ0n) is 9.58. The summed E-state index contributed by atoms with van der Waals surface area (Å²) in [5.74, 6) is 0. The van der Waals surface area contributed by atoms with E-state index < -0.39 is 0 Å². The summed E-state index contributed by atoms with van der Waals surface area (Å²) in [7, 11) is 0. The van der Waals surface area contributed by atoms with Crippen molar-refractivity contribution in [2.24, 2.45) is 0 Å². The number of aryl methyl sites for hydroxylation is 1. The Bertz CT molecular complexity index is 550. The Kier molecular flexibility index (Phi) is 4.31. The summed E-state index contributed by atoms with van der Waals surface area (Å²) in [6.07, 6.45) is 6.39. The number of alkyl halides is 1. The molecule has 0 amide bonds. The summed E-state index contributed by atoms with van der Waals surface area (Å²) in [5.41, 5.74) is 1.87. The van der Waals surface area contributed by atoms with Crippen LogP contribution in [0.25, 0.3) is 10.9 Å². The van der Waals surface area contributed by atoms with Crippen LogP contribution in [0.15, 0.2) is 29.2 Å². The first kappa shape index (κ1) is 12.3. The van der Waals surface area contributed by atoms with Crippen LogP contribution in [0.2, 0.25) is 0 Å². The lowest BCUT2D eigenvalue weighted by molar-refractivity contribution is 0.725. The summed E-state index contributed by atoms with van der Waals surface area (Å²) >= 11 is 3.43. The molecule has 0 saturated carbocycles. The van der Waals surface area contributed by atoms with Crippen molar-refractivity contribution in [2.45, 2.75) is 25.7 Å². The summed E-state index contributed by atoms with van der Waals surface area (Å²) in [6.45, 7) is 0. The van der Waals surface area contributed by atoms with Crippen molar-refractivity contribution in [3.63, 3.8) is 0 Å². The number of H-pyrrole nitrogens is 1. The molecule has 0 unspecified atom stereocenters. The normalized spacial score (nSPS) is 10.9. The molecule has 0 radical (unpaired) electrons. The van der Waals surface area contributed by atoms with Crippen LogP contribution in [-0.4, -0.2) is 15.3 Å². The fourth-order valence-electron chi connectivity index (χ4n) is 1.86. The zero-order chi connectivity index (χ0) is 12.1. The molecular weight excluding hydrogens is 280 g/mol. The standard InChI is InChI=1S/C13H15BrN2O/c14-7-3-1-2-4-10-5-6-12-11(8-10)9-15-13(17)16-12/h5-6,8-9H,1-4,7H2,(H,15,16,17). The predicted molar refractivity (Wildman–Crippen MR) is 73.7 cm³/mol. The van der Waals surface area contributed by atoms with E-state index in [9.17, 15) is 4.79 Å². The van der Waals surface area contributed by atoms with Gasteiger partial charge in [-0.25, -0.2) is 9.78 Å². The maximum absolute atomic E-state index is 11.0. The quantitative estimate of drug-likeness (QED) is 0.680. The van der Waals surface area contributed by atoms with Gasteiger partial charge >= 0.3 is 5.69 Å². The van der Waals surface area contributed by atoms with E-state index in [4.69, 9.17) is 0 Å². The van der Waals surface area contributed by atoms with Crippen LogP contribution in [0, 0.1) is 0 Å². The van der Waals surface area contributed by atoms with Crippen LogP contribution in [0.3, 0.4) is 0 Å². The third-order valence-corrected chi connectivity index (χ3v) is 3.34. The largest absolute Gasteiger partial charge is 0.345 e. The molecule has 0 bridgehead atoms. The van der Waals surface area contributed by atoms with E-state index in [1.165, 1.54) is 24.8 Å². The van der Waals surface area contributed by atoms with Gasteiger partial charge in [0.2, 0.25) is 0 Å². The molecule has 1 N–H and O–H groups in total. The molecule has 0 aliphatic heterocycles. The molecule has 17 heavy (non-hydrogen) atoms. The molecular formula is C13H15BrN2O. The molecule has 0 saturated heterocycles. The van der Waals surface area contributed by atoms with Gasteiger partial charge in [0.1, 0.15) is 0 Å². The van der Waals surface area contributed by atoms with Gasteiger partial charge in [-0.05, 0) is 37.0 Å². The van der Waals surface area contributed by atoms with Gasteiger partial charge in [0.25, 0.3) is 0 Å². The Morgan fingerprint density at radius 2 is 2.12 bits per heavy atom. The highest BCUT2D eigenvalue weighted by Crippen LogP contribution is 2.14. The monoisotopic (exact) mass is 294 g/mol. The number of benzene rings is 1. The van der Waals surface area contributed by atoms with Crippen molar-refractivity contribution in [3.8, 4) is 0 Å². The number of unbranched alkanes of at least 4 members (excludes halogenated alkanes) is 2. The van der Waals surface area contributed by atoms with Gasteiger partial charge in [-0.2, -0.15) is 0 Å². The number of nitrogens with zero attached hydrogens (tertiary/aromatic N) is 1. The molecule has 4 heteroatoms. The van der Waals surface area contributed by atoms with E-state index in [1.807, 2.05) is 6.07 Å². The third kappa shape index (κ3) is 3.40.